The average molecular weight is 338 g/mol. The van der Waals surface area contributed by atoms with Crippen LogP contribution >= 0.6 is 11.6 Å². The van der Waals surface area contributed by atoms with Crippen LogP contribution in [0.1, 0.15) is 36.0 Å². The average Bonchev–Trinajstić information content (AvgIpc) is 2.44. The molecule has 1 aliphatic heterocycles. The molecule has 6 heteroatoms. The molecule has 1 amide bonds. The molecule has 0 radical (unpaired) electrons. The number of carboxylic acids is 1. The minimum Gasteiger partial charge on any atom is -0.481 e. The standard InChI is InChI=1S/C17H17ClFNO3/c18-13-8-11(9-14(19)10-13)15(21)20-6-2-12(3-7-20)17(16(22)23)4-1-5-17/h2,8-10H,1,3-7H2,(H,22,23). The fourth-order valence-electron chi connectivity index (χ4n) is 3.35. The van der Waals surface area contributed by atoms with Crippen LogP contribution in [-0.4, -0.2) is 35.0 Å². The minimum atomic E-state index is -0.772. The predicted molar refractivity (Wildman–Crippen MR) is 83.9 cm³/mol. The molecule has 0 spiro atoms. The summed E-state index contributed by atoms with van der Waals surface area (Å²) < 4.78 is 13.4. The summed E-state index contributed by atoms with van der Waals surface area (Å²) in [4.78, 5) is 25.6. The minimum absolute atomic E-state index is 0.181. The van der Waals surface area contributed by atoms with E-state index in [1.807, 2.05) is 6.08 Å². The molecule has 1 N–H and O–H groups in total. The summed E-state index contributed by atoms with van der Waals surface area (Å²) in [5, 5.41) is 9.65. The van der Waals surface area contributed by atoms with Crippen molar-refractivity contribution in [1.82, 2.24) is 4.90 Å². The summed E-state index contributed by atoms with van der Waals surface area (Å²) in [5.74, 6) is -1.61. The van der Waals surface area contributed by atoms with Crippen LogP contribution in [0.15, 0.2) is 29.8 Å². The Morgan fingerprint density at radius 2 is 2.00 bits per heavy atom. The lowest BCUT2D eigenvalue weighted by Gasteiger charge is -2.42. The number of amides is 1. The normalized spacial score (nSPS) is 19.7. The van der Waals surface area contributed by atoms with E-state index in [9.17, 15) is 19.1 Å². The van der Waals surface area contributed by atoms with Crippen LogP contribution in [0.4, 0.5) is 4.39 Å². The van der Waals surface area contributed by atoms with Crippen LogP contribution in [0.3, 0.4) is 0 Å². The van der Waals surface area contributed by atoms with Crippen molar-refractivity contribution in [3.05, 3.63) is 46.3 Å². The zero-order valence-corrected chi connectivity index (χ0v) is 13.3. The van der Waals surface area contributed by atoms with E-state index in [-0.39, 0.29) is 16.5 Å². The van der Waals surface area contributed by atoms with Crippen LogP contribution in [0.5, 0.6) is 0 Å². The lowest BCUT2D eigenvalue weighted by atomic mass is 9.62. The Bertz CT molecular complexity index is 677. The molecule has 0 unspecified atom stereocenters. The van der Waals surface area contributed by atoms with E-state index in [1.54, 1.807) is 4.90 Å². The molecule has 0 bridgehead atoms. The van der Waals surface area contributed by atoms with Crippen molar-refractivity contribution in [2.24, 2.45) is 5.41 Å². The van der Waals surface area contributed by atoms with E-state index in [2.05, 4.69) is 0 Å². The number of aliphatic carboxylic acids is 1. The molecule has 0 saturated heterocycles. The van der Waals surface area contributed by atoms with E-state index < -0.39 is 17.2 Å². The molecule has 122 valence electrons. The molecule has 1 aromatic rings. The van der Waals surface area contributed by atoms with Gasteiger partial charge in [-0.05, 0) is 37.5 Å². The molecular formula is C17H17ClFNO3. The number of halogens is 2. The van der Waals surface area contributed by atoms with E-state index in [1.165, 1.54) is 6.07 Å². The Hall–Kier alpha value is -1.88. The summed E-state index contributed by atoms with van der Waals surface area (Å²) in [7, 11) is 0. The molecule has 1 fully saturated rings. The molecule has 23 heavy (non-hydrogen) atoms. The second-order valence-corrected chi connectivity index (χ2v) is 6.57. The smallest absolute Gasteiger partial charge is 0.313 e. The van der Waals surface area contributed by atoms with Gasteiger partial charge in [-0.25, -0.2) is 4.39 Å². The van der Waals surface area contributed by atoms with Gasteiger partial charge in [-0.15, -0.1) is 0 Å². The summed E-state index contributed by atoms with van der Waals surface area (Å²) in [5.41, 5.74) is 0.401. The quantitative estimate of drug-likeness (QED) is 0.859. The maximum absolute atomic E-state index is 13.4. The fraction of sp³-hybridized carbons (Fsp3) is 0.412. The number of hydrogen-bond acceptors (Lipinski definition) is 2. The van der Waals surface area contributed by atoms with Crippen molar-refractivity contribution < 1.29 is 19.1 Å². The topological polar surface area (TPSA) is 57.6 Å². The van der Waals surface area contributed by atoms with Crippen molar-refractivity contribution in [3.63, 3.8) is 0 Å². The van der Waals surface area contributed by atoms with Crippen LogP contribution in [0.2, 0.25) is 5.02 Å². The fourth-order valence-corrected chi connectivity index (χ4v) is 3.57. The number of nitrogens with zero attached hydrogens (tertiary/aromatic N) is 1. The Morgan fingerprint density at radius 3 is 2.48 bits per heavy atom. The highest BCUT2D eigenvalue weighted by Gasteiger charge is 2.47. The second-order valence-electron chi connectivity index (χ2n) is 6.13. The van der Waals surface area contributed by atoms with Gasteiger partial charge in [-0.2, -0.15) is 0 Å². The lowest BCUT2D eigenvalue weighted by Crippen LogP contribution is -2.44. The summed E-state index contributed by atoms with van der Waals surface area (Å²) in [6.07, 6.45) is 4.65. The first-order chi connectivity index (χ1) is 10.9. The highest BCUT2D eigenvalue weighted by atomic mass is 35.5. The molecule has 3 rings (SSSR count). The van der Waals surface area contributed by atoms with Crippen molar-refractivity contribution >= 4 is 23.5 Å². The number of carbonyl (C=O) groups is 2. The zero-order valence-electron chi connectivity index (χ0n) is 12.5. The SMILES string of the molecule is O=C(c1cc(F)cc(Cl)c1)N1CC=C(C2(C(=O)O)CCC2)CC1. The van der Waals surface area contributed by atoms with Crippen LogP contribution < -0.4 is 0 Å². The highest BCUT2D eigenvalue weighted by Crippen LogP contribution is 2.49. The second kappa shape index (κ2) is 5.96. The lowest BCUT2D eigenvalue weighted by molar-refractivity contribution is -0.151. The first-order valence-corrected chi connectivity index (χ1v) is 7.98. The molecule has 1 aromatic carbocycles. The summed E-state index contributed by atoms with van der Waals surface area (Å²) in [6, 6.07) is 3.76. The molecule has 1 aliphatic carbocycles. The number of carbonyl (C=O) groups excluding carboxylic acids is 1. The zero-order chi connectivity index (χ0) is 16.6. The Kier molecular flexibility index (Phi) is 4.15. The van der Waals surface area contributed by atoms with Gasteiger partial charge in [0.15, 0.2) is 0 Å². The van der Waals surface area contributed by atoms with E-state index in [0.717, 1.165) is 24.1 Å². The molecule has 2 aliphatic rings. The summed E-state index contributed by atoms with van der Waals surface area (Å²) in [6.45, 7) is 0.783. The van der Waals surface area contributed by atoms with Gasteiger partial charge < -0.3 is 10.0 Å². The highest BCUT2D eigenvalue weighted by molar-refractivity contribution is 6.31. The number of carboxylic acid groups (broad SMARTS) is 1. The van der Waals surface area contributed by atoms with Crippen molar-refractivity contribution in [1.29, 1.82) is 0 Å². The van der Waals surface area contributed by atoms with Gasteiger partial charge in [-0.3, -0.25) is 9.59 Å². The molecular weight excluding hydrogens is 321 g/mol. The molecule has 1 saturated carbocycles. The number of benzene rings is 1. The van der Waals surface area contributed by atoms with Gasteiger partial charge >= 0.3 is 5.97 Å². The first kappa shape index (κ1) is 16.0. The van der Waals surface area contributed by atoms with Gasteiger partial charge in [0, 0.05) is 23.7 Å². The number of hydrogen-bond donors (Lipinski definition) is 1. The largest absolute Gasteiger partial charge is 0.481 e. The third-order valence-electron chi connectivity index (χ3n) is 4.84. The van der Waals surface area contributed by atoms with E-state index in [0.29, 0.717) is 32.4 Å². The third kappa shape index (κ3) is 2.85. The molecule has 0 aromatic heterocycles. The van der Waals surface area contributed by atoms with Gasteiger partial charge in [-0.1, -0.05) is 29.7 Å². The van der Waals surface area contributed by atoms with E-state index >= 15 is 0 Å². The van der Waals surface area contributed by atoms with Crippen molar-refractivity contribution in [2.45, 2.75) is 25.7 Å². The van der Waals surface area contributed by atoms with Crippen molar-refractivity contribution in [2.75, 3.05) is 13.1 Å². The first-order valence-electron chi connectivity index (χ1n) is 7.61. The number of rotatable bonds is 3. The predicted octanol–water partition coefficient (Wildman–Crippen LogP) is 3.51. The molecule has 1 heterocycles. The Balaban J connectivity index is 1.75. The van der Waals surface area contributed by atoms with Crippen molar-refractivity contribution in [3.8, 4) is 0 Å². The van der Waals surface area contributed by atoms with Gasteiger partial charge in [0.05, 0.1) is 5.41 Å². The van der Waals surface area contributed by atoms with Gasteiger partial charge in [0.25, 0.3) is 5.91 Å². The summed E-state index contributed by atoms with van der Waals surface area (Å²) >= 11 is 5.79. The van der Waals surface area contributed by atoms with Gasteiger partial charge in [0.1, 0.15) is 5.82 Å². The maximum Gasteiger partial charge on any atom is 0.313 e. The monoisotopic (exact) mass is 337 g/mol. The van der Waals surface area contributed by atoms with Crippen LogP contribution in [0, 0.1) is 11.2 Å². The van der Waals surface area contributed by atoms with Gasteiger partial charge in [0.2, 0.25) is 0 Å². The Labute approximate surface area is 138 Å². The van der Waals surface area contributed by atoms with Crippen LogP contribution in [-0.2, 0) is 4.79 Å². The maximum atomic E-state index is 13.4. The molecule has 0 atom stereocenters. The third-order valence-corrected chi connectivity index (χ3v) is 5.06. The van der Waals surface area contributed by atoms with E-state index in [4.69, 9.17) is 11.6 Å². The Morgan fingerprint density at radius 1 is 1.26 bits per heavy atom. The molecule has 4 nitrogen and oxygen atoms in total. The van der Waals surface area contributed by atoms with Crippen LogP contribution in [0.25, 0.3) is 0 Å².